The van der Waals surface area contributed by atoms with Gasteiger partial charge in [0.25, 0.3) is 0 Å². The molecule has 0 aliphatic carbocycles. The summed E-state index contributed by atoms with van der Waals surface area (Å²) < 4.78 is 1.65. The number of nitrogens with zero attached hydrogens (tertiary/aromatic N) is 2. The minimum atomic E-state index is 0.599. The van der Waals surface area contributed by atoms with Gasteiger partial charge in [0.2, 0.25) is 0 Å². The number of H-pyrrole nitrogens is 1. The van der Waals surface area contributed by atoms with Gasteiger partial charge in [-0.3, -0.25) is 9.48 Å². The van der Waals surface area contributed by atoms with E-state index >= 15 is 0 Å². The fraction of sp³-hybridized carbons (Fsp3) is 0.143. The normalized spacial score (nSPS) is 11.0. The van der Waals surface area contributed by atoms with E-state index in [1.807, 2.05) is 25.2 Å². The molecule has 0 amide bonds. The van der Waals surface area contributed by atoms with Crippen LogP contribution in [0, 0.1) is 6.92 Å². The highest BCUT2D eigenvalue weighted by Crippen LogP contribution is 2.26. The maximum absolute atomic E-state index is 11.0. The van der Waals surface area contributed by atoms with Gasteiger partial charge >= 0.3 is 0 Å². The predicted molar refractivity (Wildman–Crippen MR) is 70.6 cm³/mol. The number of carbonyl (C=O) groups excluding carboxylic acids is 1. The second-order valence-corrected chi connectivity index (χ2v) is 4.45. The highest BCUT2D eigenvalue weighted by molar-refractivity contribution is 5.91. The molecule has 0 saturated carbocycles. The predicted octanol–water partition coefficient (Wildman–Crippen LogP) is 2.69. The number of para-hydroxylation sites is 1. The summed E-state index contributed by atoms with van der Waals surface area (Å²) >= 11 is 0. The van der Waals surface area contributed by atoms with Crippen LogP contribution >= 0.6 is 0 Å². The van der Waals surface area contributed by atoms with E-state index in [1.54, 1.807) is 10.9 Å². The van der Waals surface area contributed by atoms with Gasteiger partial charge in [-0.1, -0.05) is 18.2 Å². The van der Waals surface area contributed by atoms with E-state index < -0.39 is 0 Å². The van der Waals surface area contributed by atoms with Crippen molar-refractivity contribution >= 4 is 17.2 Å². The first-order valence-electron chi connectivity index (χ1n) is 5.76. The number of hydrogen-bond acceptors (Lipinski definition) is 2. The van der Waals surface area contributed by atoms with E-state index in [9.17, 15) is 4.79 Å². The molecular formula is C14H13N3O. The molecule has 18 heavy (non-hydrogen) atoms. The van der Waals surface area contributed by atoms with Gasteiger partial charge in [-0.15, -0.1) is 0 Å². The first-order valence-corrected chi connectivity index (χ1v) is 5.76. The topological polar surface area (TPSA) is 50.7 Å². The number of carbonyl (C=O) groups is 1. The lowest BCUT2D eigenvalue weighted by Gasteiger charge is -1.94. The van der Waals surface area contributed by atoms with Crippen molar-refractivity contribution in [3.63, 3.8) is 0 Å². The Kier molecular flexibility index (Phi) is 2.30. The molecule has 4 heteroatoms. The van der Waals surface area contributed by atoms with E-state index in [1.165, 1.54) is 5.56 Å². The Morgan fingerprint density at radius 2 is 2.22 bits per heavy atom. The highest BCUT2D eigenvalue weighted by Gasteiger charge is 2.12. The molecular weight excluding hydrogens is 226 g/mol. The first kappa shape index (κ1) is 10.8. The van der Waals surface area contributed by atoms with Crippen molar-refractivity contribution in [2.24, 2.45) is 7.05 Å². The lowest BCUT2D eigenvalue weighted by molar-refractivity contribution is 0.112. The Bertz CT molecular complexity index is 737. The summed E-state index contributed by atoms with van der Waals surface area (Å²) in [6.45, 7) is 2.06. The van der Waals surface area contributed by atoms with Gasteiger partial charge < -0.3 is 4.98 Å². The summed E-state index contributed by atoms with van der Waals surface area (Å²) in [5.74, 6) is 0. The second kappa shape index (κ2) is 3.84. The molecule has 0 unspecified atom stereocenters. The summed E-state index contributed by atoms with van der Waals surface area (Å²) in [5.41, 5.74) is 4.45. The molecule has 2 aromatic heterocycles. The largest absolute Gasteiger partial charge is 0.353 e. The van der Waals surface area contributed by atoms with Crippen LogP contribution < -0.4 is 0 Å². The molecule has 3 rings (SSSR count). The zero-order valence-electron chi connectivity index (χ0n) is 10.3. The van der Waals surface area contributed by atoms with E-state index in [4.69, 9.17) is 0 Å². The Labute approximate surface area is 104 Å². The van der Waals surface area contributed by atoms with Gasteiger partial charge in [-0.25, -0.2) is 0 Å². The fourth-order valence-corrected chi connectivity index (χ4v) is 2.24. The average Bonchev–Trinajstić information content (AvgIpc) is 2.92. The van der Waals surface area contributed by atoms with Gasteiger partial charge in [0.15, 0.2) is 6.29 Å². The van der Waals surface area contributed by atoms with Crippen LogP contribution in [-0.2, 0) is 7.05 Å². The summed E-state index contributed by atoms with van der Waals surface area (Å²) in [4.78, 5) is 14.4. The van der Waals surface area contributed by atoms with Crippen molar-refractivity contribution in [1.82, 2.24) is 14.8 Å². The number of rotatable bonds is 2. The Morgan fingerprint density at radius 3 is 2.94 bits per heavy atom. The summed E-state index contributed by atoms with van der Waals surface area (Å²) in [6, 6.07) is 8.15. The van der Waals surface area contributed by atoms with Crippen molar-refractivity contribution < 1.29 is 4.79 Å². The minimum Gasteiger partial charge on any atom is -0.353 e. The van der Waals surface area contributed by atoms with Crippen molar-refractivity contribution in [3.8, 4) is 11.4 Å². The quantitative estimate of drug-likeness (QED) is 0.699. The van der Waals surface area contributed by atoms with Crippen LogP contribution in [0.2, 0.25) is 0 Å². The molecule has 0 bridgehead atoms. The summed E-state index contributed by atoms with van der Waals surface area (Å²) in [7, 11) is 1.81. The third kappa shape index (κ3) is 1.54. The molecule has 0 fully saturated rings. The van der Waals surface area contributed by atoms with E-state index in [0.717, 1.165) is 22.9 Å². The number of aromatic nitrogens is 3. The Morgan fingerprint density at radius 1 is 1.39 bits per heavy atom. The lowest BCUT2D eigenvalue weighted by Crippen LogP contribution is -1.88. The Balaban J connectivity index is 2.25. The van der Waals surface area contributed by atoms with Crippen LogP contribution in [0.15, 0.2) is 30.5 Å². The molecule has 0 spiro atoms. The maximum Gasteiger partial charge on any atom is 0.153 e. The molecule has 4 nitrogen and oxygen atoms in total. The fourth-order valence-electron chi connectivity index (χ4n) is 2.24. The first-order chi connectivity index (χ1) is 8.69. The van der Waals surface area contributed by atoms with Gasteiger partial charge in [-0.05, 0) is 18.6 Å². The monoisotopic (exact) mass is 239 g/mol. The molecule has 0 aliphatic rings. The summed E-state index contributed by atoms with van der Waals surface area (Å²) in [5, 5.41) is 5.46. The molecule has 0 atom stereocenters. The lowest BCUT2D eigenvalue weighted by atomic mass is 10.1. The molecule has 1 aromatic carbocycles. The van der Waals surface area contributed by atoms with Crippen LogP contribution in [-0.4, -0.2) is 21.1 Å². The van der Waals surface area contributed by atoms with E-state index in [2.05, 4.69) is 23.1 Å². The molecule has 0 aliphatic heterocycles. The summed E-state index contributed by atoms with van der Waals surface area (Å²) in [6.07, 6.45) is 2.56. The molecule has 2 heterocycles. The van der Waals surface area contributed by atoms with Crippen LogP contribution in [0.1, 0.15) is 15.9 Å². The highest BCUT2D eigenvalue weighted by atomic mass is 16.1. The minimum absolute atomic E-state index is 0.599. The number of nitrogens with one attached hydrogen (secondary N) is 1. The van der Waals surface area contributed by atoms with Crippen molar-refractivity contribution in [2.75, 3.05) is 0 Å². The van der Waals surface area contributed by atoms with Gasteiger partial charge in [-0.2, -0.15) is 5.10 Å². The van der Waals surface area contributed by atoms with Gasteiger partial charge in [0, 0.05) is 24.1 Å². The van der Waals surface area contributed by atoms with E-state index in [-0.39, 0.29) is 0 Å². The van der Waals surface area contributed by atoms with Gasteiger partial charge in [0.1, 0.15) is 5.69 Å². The van der Waals surface area contributed by atoms with Crippen LogP contribution in [0.5, 0.6) is 0 Å². The molecule has 0 saturated heterocycles. The zero-order valence-corrected chi connectivity index (χ0v) is 10.3. The number of aldehydes is 1. The SMILES string of the molecule is Cc1cccc2cc(-c3nn(C)cc3C=O)[nH]c12. The van der Waals surface area contributed by atoms with E-state index in [0.29, 0.717) is 11.3 Å². The smallest absolute Gasteiger partial charge is 0.153 e. The van der Waals surface area contributed by atoms with Crippen LogP contribution in [0.25, 0.3) is 22.3 Å². The third-order valence-corrected chi connectivity index (χ3v) is 3.10. The van der Waals surface area contributed by atoms with Crippen molar-refractivity contribution in [3.05, 3.63) is 41.6 Å². The molecule has 0 radical (unpaired) electrons. The van der Waals surface area contributed by atoms with Crippen LogP contribution in [0.3, 0.4) is 0 Å². The molecule has 3 aromatic rings. The molecule has 90 valence electrons. The number of aryl methyl sites for hydroxylation is 2. The van der Waals surface area contributed by atoms with Gasteiger partial charge in [0.05, 0.1) is 11.3 Å². The Hall–Kier alpha value is -2.36. The standard InChI is InChI=1S/C14H13N3O/c1-9-4-3-5-10-6-12(15-13(9)10)14-11(8-18)7-17(2)16-14/h3-8,15H,1-2H3. The number of aromatic amines is 1. The third-order valence-electron chi connectivity index (χ3n) is 3.10. The number of benzene rings is 1. The van der Waals surface area contributed by atoms with Crippen LogP contribution in [0.4, 0.5) is 0 Å². The average molecular weight is 239 g/mol. The second-order valence-electron chi connectivity index (χ2n) is 4.45. The molecule has 1 N–H and O–H groups in total. The van der Waals surface area contributed by atoms with Crippen molar-refractivity contribution in [1.29, 1.82) is 0 Å². The maximum atomic E-state index is 11.0. The zero-order chi connectivity index (χ0) is 12.7. The number of fused-ring (bicyclic) bond motifs is 1. The van der Waals surface area contributed by atoms with Crippen molar-refractivity contribution in [2.45, 2.75) is 6.92 Å². The number of hydrogen-bond donors (Lipinski definition) is 1.